The summed E-state index contributed by atoms with van der Waals surface area (Å²) in [6, 6.07) is 8.74. The molecule has 4 atom stereocenters. The monoisotopic (exact) mass is 307 g/mol. The van der Waals surface area contributed by atoms with Gasteiger partial charge in [-0.3, -0.25) is 4.79 Å². The van der Waals surface area contributed by atoms with E-state index >= 15 is 0 Å². The molecule has 1 aromatic rings. The smallest absolute Gasteiger partial charge is 0.337 e. The molecular formula is C15H17NO6. The number of morpholine rings is 1. The van der Waals surface area contributed by atoms with E-state index in [1.807, 2.05) is 30.3 Å². The number of aliphatic hydroxyl groups is 1. The number of methoxy groups -OCH3 is 1. The Labute approximate surface area is 127 Å². The molecule has 1 amide bonds. The van der Waals surface area contributed by atoms with Gasteiger partial charge in [0, 0.05) is 6.54 Å². The van der Waals surface area contributed by atoms with Crippen LogP contribution in [0, 0.1) is 0 Å². The standard InChI is InChI=1S/C15H17NO6/c1-20-14(19)12-11-10(8-17)16(13(18)15(21-11)22-12)7-9-5-3-2-4-6-9/h2-6,10-12,15,17H,7-8H2,1H3/t10-,11-,12-,15+/m1/s1. The minimum Gasteiger partial charge on any atom is -0.467 e. The Morgan fingerprint density at radius 1 is 1.32 bits per heavy atom. The van der Waals surface area contributed by atoms with E-state index in [4.69, 9.17) is 9.47 Å². The first-order chi connectivity index (χ1) is 10.7. The van der Waals surface area contributed by atoms with Crippen molar-refractivity contribution in [2.45, 2.75) is 31.1 Å². The Hall–Kier alpha value is -1.96. The quantitative estimate of drug-likeness (QED) is 0.767. The summed E-state index contributed by atoms with van der Waals surface area (Å²) < 4.78 is 15.5. The average Bonchev–Trinajstić information content (AvgIpc) is 2.95. The highest BCUT2D eigenvalue weighted by Gasteiger charge is 2.55. The number of ether oxygens (including phenoxy) is 3. The van der Waals surface area contributed by atoms with Gasteiger partial charge in [0.15, 0.2) is 6.10 Å². The van der Waals surface area contributed by atoms with Crippen LogP contribution in [0.3, 0.4) is 0 Å². The van der Waals surface area contributed by atoms with E-state index in [-0.39, 0.29) is 6.61 Å². The third-order valence-electron chi connectivity index (χ3n) is 3.93. The molecule has 3 rings (SSSR count). The molecule has 2 heterocycles. The molecule has 2 aliphatic rings. The molecule has 118 valence electrons. The minimum atomic E-state index is -1.12. The molecule has 7 heteroatoms. The largest absolute Gasteiger partial charge is 0.467 e. The number of carbonyl (C=O) groups excluding carboxylic acids is 2. The van der Waals surface area contributed by atoms with Gasteiger partial charge < -0.3 is 24.2 Å². The normalized spacial score (nSPS) is 30.5. The summed E-state index contributed by atoms with van der Waals surface area (Å²) in [6.07, 6.45) is -2.86. The van der Waals surface area contributed by atoms with E-state index < -0.39 is 36.4 Å². The highest BCUT2D eigenvalue weighted by molar-refractivity contribution is 5.84. The van der Waals surface area contributed by atoms with Gasteiger partial charge in [0.1, 0.15) is 6.10 Å². The van der Waals surface area contributed by atoms with Gasteiger partial charge in [0.25, 0.3) is 5.91 Å². The molecule has 0 unspecified atom stereocenters. The van der Waals surface area contributed by atoms with E-state index in [1.165, 1.54) is 12.0 Å². The van der Waals surface area contributed by atoms with E-state index in [2.05, 4.69) is 4.74 Å². The predicted molar refractivity (Wildman–Crippen MR) is 73.4 cm³/mol. The van der Waals surface area contributed by atoms with Crippen molar-refractivity contribution in [3.63, 3.8) is 0 Å². The van der Waals surface area contributed by atoms with Gasteiger partial charge in [-0.15, -0.1) is 0 Å². The first kappa shape index (κ1) is 15.0. The fourth-order valence-electron chi connectivity index (χ4n) is 2.83. The van der Waals surface area contributed by atoms with Gasteiger partial charge in [-0.2, -0.15) is 0 Å². The zero-order valence-corrected chi connectivity index (χ0v) is 12.0. The number of carbonyl (C=O) groups is 2. The van der Waals surface area contributed by atoms with Crippen molar-refractivity contribution in [2.24, 2.45) is 0 Å². The van der Waals surface area contributed by atoms with E-state index in [0.717, 1.165) is 5.56 Å². The lowest BCUT2D eigenvalue weighted by molar-refractivity contribution is -0.181. The number of esters is 1. The summed E-state index contributed by atoms with van der Waals surface area (Å²) in [5, 5.41) is 9.67. The van der Waals surface area contributed by atoms with Crippen molar-refractivity contribution >= 4 is 11.9 Å². The van der Waals surface area contributed by atoms with Gasteiger partial charge >= 0.3 is 5.97 Å². The maximum Gasteiger partial charge on any atom is 0.337 e. The van der Waals surface area contributed by atoms with Crippen LogP contribution in [0.15, 0.2) is 30.3 Å². The van der Waals surface area contributed by atoms with Crippen molar-refractivity contribution in [2.75, 3.05) is 13.7 Å². The van der Waals surface area contributed by atoms with Crippen molar-refractivity contribution in [3.05, 3.63) is 35.9 Å². The molecule has 0 spiro atoms. The molecule has 2 saturated heterocycles. The second-order valence-electron chi connectivity index (χ2n) is 5.21. The Bertz CT molecular complexity index is 562. The van der Waals surface area contributed by atoms with Gasteiger partial charge in [-0.1, -0.05) is 30.3 Å². The van der Waals surface area contributed by atoms with Gasteiger partial charge in [-0.25, -0.2) is 4.79 Å². The summed E-state index contributed by atoms with van der Waals surface area (Å²) in [6.45, 7) is -0.00860. The molecule has 2 aliphatic heterocycles. The van der Waals surface area contributed by atoms with Gasteiger partial charge in [-0.05, 0) is 5.56 Å². The molecule has 1 N–H and O–H groups in total. The van der Waals surface area contributed by atoms with Gasteiger partial charge in [0.05, 0.1) is 19.8 Å². The molecule has 2 fully saturated rings. The van der Waals surface area contributed by atoms with Crippen LogP contribution in [-0.2, 0) is 30.3 Å². The Kier molecular flexibility index (Phi) is 4.10. The van der Waals surface area contributed by atoms with Crippen LogP contribution in [0.1, 0.15) is 5.56 Å². The minimum absolute atomic E-state index is 0.318. The lowest BCUT2D eigenvalue weighted by atomic mass is 10.0. The zero-order chi connectivity index (χ0) is 15.7. The van der Waals surface area contributed by atoms with Crippen molar-refractivity contribution in [3.8, 4) is 0 Å². The third-order valence-corrected chi connectivity index (χ3v) is 3.93. The van der Waals surface area contributed by atoms with Crippen LogP contribution in [0.2, 0.25) is 0 Å². The predicted octanol–water partition coefficient (Wildman–Crippen LogP) is -0.327. The summed E-state index contributed by atoms with van der Waals surface area (Å²) in [5.41, 5.74) is 0.921. The first-order valence-corrected chi connectivity index (χ1v) is 6.99. The first-order valence-electron chi connectivity index (χ1n) is 6.99. The van der Waals surface area contributed by atoms with Crippen molar-refractivity contribution in [1.82, 2.24) is 4.90 Å². The number of hydrogen-bond acceptors (Lipinski definition) is 6. The molecule has 1 aromatic carbocycles. The maximum atomic E-state index is 12.4. The number of amides is 1. The molecular weight excluding hydrogens is 290 g/mol. The second kappa shape index (κ2) is 6.04. The number of aliphatic hydroxyl groups excluding tert-OH is 1. The number of benzene rings is 1. The summed E-state index contributed by atoms with van der Waals surface area (Å²) in [5.74, 6) is -1.01. The number of rotatable bonds is 4. The Morgan fingerprint density at radius 3 is 2.68 bits per heavy atom. The van der Waals surface area contributed by atoms with Crippen LogP contribution < -0.4 is 0 Å². The molecule has 0 radical (unpaired) electrons. The molecule has 22 heavy (non-hydrogen) atoms. The topological polar surface area (TPSA) is 85.3 Å². The van der Waals surface area contributed by atoms with Crippen LogP contribution in [-0.4, -0.2) is 60.1 Å². The fraction of sp³-hybridized carbons (Fsp3) is 0.467. The van der Waals surface area contributed by atoms with Crippen LogP contribution >= 0.6 is 0 Å². The van der Waals surface area contributed by atoms with Crippen LogP contribution in [0.25, 0.3) is 0 Å². The summed E-state index contributed by atoms with van der Waals surface area (Å²) in [7, 11) is 1.24. The van der Waals surface area contributed by atoms with Crippen LogP contribution in [0.5, 0.6) is 0 Å². The van der Waals surface area contributed by atoms with Crippen molar-refractivity contribution < 1.29 is 28.9 Å². The zero-order valence-electron chi connectivity index (χ0n) is 12.0. The summed E-state index contributed by atoms with van der Waals surface area (Å²) in [4.78, 5) is 25.7. The summed E-state index contributed by atoms with van der Waals surface area (Å²) >= 11 is 0. The molecule has 0 saturated carbocycles. The van der Waals surface area contributed by atoms with E-state index in [9.17, 15) is 14.7 Å². The van der Waals surface area contributed by atoms with Crippen molar-refractivity contribution in [1.29, 1.82) is 0 Å². The Balaban J connectivity index is 1.85. The lowest BCUT2D eigenvalue weighted by Gasteiger charge is -2.38. The molecule has 7 nitrogen and oxygen atoms in total. The molecule has 0 aliphatic carbocycles. The molecule has 2 bridgehead atoms. The Morgan fingerprint density at radius 2 is 2.05 bits per heavy atom. The highest BCUT2D eigenvalue weighted by atomic mass is 16.8. The fourth-order valence-corrected chi connectivity index (χ4v) is 2.83. The van der Waals surface area contributed by atoms with Gasteiger partial charge in [0.2, 0.25) is 6.29 Å². The number of hydrogen-bond donors (Lipinski definition) is 1. The molecule has 0 aromatic heterocycles. The second-order valence-corrected chi connectivity index (χ2v) is 5.21. The number of nitrogens with zero attached hydrogens (tertiary/aromatic N) is 1. The maximum absolute atomic E-state index is 12.4. The average molecular weight is 307 g/mol. The number of fused-ring (bicyclic) bond motifs is 2. The lowest BCUT2D eigenvalue weighted by Crippen LogP contribution is -2.57. The highest BCUT2D eigenvalue weighted by Crippen LogP contribution is 2.32. The van der Waals surface area contributed by atoms with E-state index in [0.29, 0.717) is 6.54 Å². The SMILES string of the molecule is COC(=O)[C@@H]1O[C@@H]2O[C@@H]1[C@@H](CO)N(Cc1ccccc1)C2=O. The van der Waals surface area contributed by atoms with Crippen LogP contribution in [0.4, 0.5) is 0 Å². The van der Waals surface area contributed by atoms with E-state index in [1.54, 1.807) is 0 Å². The third kappa shape index (κ3) is 2.47.